The highest BCUT2D eigenvalue weighted by atomic mass is 79.9. The molecule has 1 saturated carbocycles. The quantitative estimate of drug-likeness (QED) is 0.803. The summed E-state index contributed by atoms with van der Waals surface area (Å²) in [6.45, 7) is 0. The highest BCUT2D eigenvalue weighted by Crippen LogP contribution is 2.41. The van der Waals surface area contributed by atoms with Gasteiger partial charge in [0.05, 0.1) is 15.6 Å². The van der Waals surface area contributed by atoms with Crippen molar-refractivity contribution in [2.24, 2.45) is 5.41 Å². The van der Waals surface area contributed by atoms with Crippen molar-refractivity contribution < 1.29 is 23.5 Å². The number of amides is 1. The van der Waals surface area contributed by atoms with Gasteiger partial charge < -0.3 is 10.4 Å². The van der Waals surface area contributed by atoms with Gasteiger partial charge in [-0.3, -0.25) is 9.59 Å². The van der Waals surface area contributed by atoms with Gasteiger partial charge in [-0.2, -0.15) is 0 Å². The van der Waals surface area contributed by atoms with Gasteiger partial charge in [0.25, 0.3) is 0 Å². The van der Waals surface area contributed by atoms with E-state index in [0.717, 1.165) is 18.9 Å². The van der Waals surface area contributed by atoms with Crippen LogP contribution in [0.3, 0.4) is 0 Å². The fourth-order valence-electron chi connectivity index (χ4n) is 2.64. The van der Waals surface area contributed by atoms with E-state index < -0.39 is 28.9 Å². The Morgan fingerprint density at radius 3 is 2.43 bits per heavy atom. The molecular weight excluding hydrogens is 348 g/mol. The zero-order chi connectivity index (χ0) is 15.6. The number of aliphatic carboxylic acids is 1. The smallest absolute Gasteiger partial charge is 0.310 e. The molecule has 21 heavy (non-hydrogen) atoms. The van der Waals surface area contributed by atoms with Crippen molar-refractivity contribution in [3.8, 4) is 0 Å². The SMILES string of the molecule is O=C(CC1(C(=O)O)CCCC1)Nc1cc(Br)c(F)cc1F. The van der Waals surface area contributed by atoms with Crippen LogP contribution in [0.4, 0.5) is 14.5 Å². The van der Waals surface area contributed by atoms with Crippen LogP contribution in [0.5, 0.6) is 0 Å². The molecule has 1 aromatic carbocycles. The van der Waals surface area contributed by atoms with Crippen molar-refractivity contribution in [1.82, 2.24) is 0 Å². The molecule has 2 N–H and O–H groups in total. The highest BCUT2D eigenvalue weighted by Gasteiger charge is 2.43. The molecule has 114 valence electrons. The van der Waals surface area contributed by atoms with Gasteiger partial charge in [0, 0.05) is 12.5 Å². The monoisotopic (exact) mass is 361 g/mol. The van der Waals surface area contributed by atoms with E-state index in [9.17, 15) is 23.5 Å². The van der Waals surface area contributed by atoms with Crippen LogP contribution in [-0.2, 0) is 9.59 Å². The summed E-state index contributed by atoms with van der Waals surface area (Å²) in [5.41, 5.74) is -1.25. The first kappa shape index (κ1) is 15.9. The number of hydrogen-bond acceptors (Lipinski definition) is 2. The number of carbonyl (C=O) groups excluding carboxylic acids is 1. The van der Waals surface area contributed by atoms with Crippen molar-refractivity contribution in [2.45, 2.75) is 32.1 Å². The van der Waals surface area contributed by atoms with Crippen molar-refractivity contribution >= 4 is 33.5 Å². The van der Waals surface area contributed by atoms with Crippen molar-refractivity contribution in [1.29, 1.82) is 0 Å². The molecule has 0 aliphatic heterocycles. The molecule has 0 unspecified atom stereocenters. The summed E-state index contributed by atoms with van der Waals surface area (Å²) in [7, 11) is 0. The standard InChI is InChI=1S/C14H14BrF2NO3/c15-8-5-11(10(17)6-9(8)16)18-12(19)7-14(13(20)21)3-1-2-4-14/h5-6H,1-4,7H2,(H,18,19)(H,20,21). The fourth-order valence-corrected chi connectivity index (χ4v) is 2.98. The maximum Gasteiger partial charge on any atom is 0.310 e. The van der Waals surface area contributed by atoms with Crippen LogP contribution < -0.4 is 5.32 Å². The number of carbonyl (C=O) groups is 2. The average molecular weight is 362 g/mol. The number of carboxylic acids is 1. The zero-order valence-electron chi connectivity index (χ0n) is 11.1. The molecule has 0 bridgehead atoms. The minimum Gasteiger partial charge on any atom is -0.481 e. The largest absolute Gasteiger partial charge is 0.481 e. The summed E-state index contributed by atoms with van der Waals surface area (Å²) in [5.74, 6) is -3.27. The second-order valence-electron chi connectivity index (χ2n) is 5.26. The third kappa shape index (κ3) is 3.40. The normalized spacial score (nSPS) is 16.7. The van der Waals surface area contributed by atoms with Crippen LogP contribution in [-0.4, -0.2) is 17.0 Å². The van der Waals surface area contributed by atoms with E-state index >= 15 is 0 Å². The highest BCUT2D eigenvalue weighted by molar-refractivity contribution is 9.10. The molecule has 2 rings (SSSR count). The molecule has 0 spiro atoms. The van der Waals surface area contributed by atoms with Crippen LogP contribution in [0.1, 0.15) is 32.1 Å². The predicted octanol–water partition coefficient (Wildman–Crippen LogP) is 3.70. The van der Waals surface area contributed by atoms with Gasteiger partial charge in [-0.25, -0.2) is 8.78 Å². The first-order valence-electron chi connectivity index (χ1n) is 6.52. The minimum atomic E-state index is -1.07. The molecule has 0 radical (unpaired) electrons. The van der Waals surface area contributed by atoms with Crippen LogP contribution >= 0.6 is 15.9 Å². The Kier molecular flexibility index (Phi) is 4.61. The van der Waals surface area contributed by atoms with Gasteiger partial charge in [-0.1, -0.05) is 12.8 Å². The summed E-state index contributed by atoms with van der Waals surface area (Å²) >= 11 is 2.91. The maximum absolute atomic E-state index is 13.6. The lowest BCUT2D eigenvalue weighted by molar-refractivity contribution is -0.150. The minimum absolute atomic E-state index is 0.0213. The maximum atomic E-state index is 13.6. The third-order valence-electron chi connectivity index (χ3n) is 3.80. The van der Waals surface area contributed by atoms with Gasteiger partial charge in [0.1, 0.15) is 11.6 Å². The lowest BCUT2D eigenvalue weighted by Crippen LogP contribution is -2.32. The van der Waals surface area contributed by atoms with Gasteiger partial charge >= 0.3 is 5.97 Å². The summed E-state index contributed by atoms with van der Waals surface area (Å²) in [5, 5.41) is 11.6. The number of nitrogens with one attached hydrogen (secondary N) is 1. The first-order chi connectivity index (χ1) is 9.84. The molecule has 1 aliphatic rings. The lowest BCUT2D eigenvalue weighted by Gasteiger charge is -2.22. The number of benzene rings is 1. The third-order valence-corrected chi connectivity index (χ3v) is 4.41. The topological polar surface area (TPSA) is 66.4 Å². The second-order valence-corrected chi connectivity index (χ2v) is 6.12. The molecule has 0 aromatic heterocycles. The van der Waals surface area contributed by atoms with Gasteiger partial charge in [-0.15, -0.1) is 0 Å². The van der Waals surface area contributed by atoms with Crippen molar-refractivity contribution in [3.63, 3.8) is 0 Å². The Morgan fingerprint density at radius 2 is 1.86 bits per heavy atom. The van der Waals surface area contributed by atoms with Crippen molar-refractivity contribution in [3.05, 3.63) is 28.2 Å². The molecule has 1 aliphatic carbocycles. The number of halogens is 3. The molecule has 1 amide bonds. The zero-order valence-corrected chi connectivity index (χ0v) is 12.7. The molecule has 7 heteroatoms. The molecular formula is C14H14BrF2NO3. The molecule has 4 nitrogen and oxygen atoms in total. The second kappa shape index (κ2) is 6.09. The van der Waals surface area contributed by atoms with Gasteiger partial charge in [0.15, 0.2) is 0 Å². The van der Waals surface area contributed by atoms with Crippen molar-refractivity contribution in [2.75, 3.05) is 5.32 Å². The average Bonchev–Trinajstić information content (AvgIpc) is 2.85. The molecule has 1 fully saturated rings. The van der Waals surface area contributed by atoms with Crippen LogP contribution in [0, 0.1) is 17.0 Å². The molecule has 1 aromatic rings. The number of carboxylic acid groups (broad SMARTS) is 1. The van der Waals surface area contributed by atoms with Crippen LogP contribution in [0.15, 0.2) is 16.6 Å². The number of anilines is 1. The Morgan fingerprint density at radius 1 is 1.24 bits per heavy atom. The molecule has 0 heterocycles. The Balaban J connectivity index is 2.12. The van der Waals surface area contributed by atoms with E-state index in [4.69, 9.17) is 0 Å². The van der Waals surface area contributed by atoms with E-state index in [1.54, 1.807) is 0 Å². The summed E-state index contributed by atoms with van der Waals surface area (Å²) in [6, 6.07) is 1.77. The van der Waals surface area contributed by atoms with E-state index in [1.165, 1.54) is 0 Å². The lowest BCUT2D eigenvalue weighted by atomic mass is 9.82. The van der Waals surface area contributed by atoms with Crippen LogP contribution in [0.25, 0.3) is 0 Å². The summed E-state index contributed by atoms with van der Waals surface area (Å²) < 4.78 is 26.7. The number of hydrogen-bond donors (Lipinski definition) is 2. The van der Waals surface area contributed by atoms with E-state index in [-0.39, 0.29) is 16.6 Å². The van der Waals surface area contributed by atoms with Gasteiger partial charge in [-0.05, 0) is 34.8 Å². The number of rotatable bonds is 4. The van der Waals surface area contributed by atoms with E-state index in [0.29, 0.717) is 18.9 Å². The molecule has 0 saturated heterocycles. The first-order valence-corrected chi connectivity index (χ1v) is 7.31. The summed E-state index contributed by atoms with van der Waals surface area (Å²) in [4.78, 5) is 23.3. The van der Waals surface area contributed by atoms with Crippen LogP contribution in [0.2, 0.25) is 0 Å². The Hall–Kier alpha value is -1.50. The van der Waals surface area contributed by atoms with E-state index in [2.05, 4.69) is 21.2 Å². The summed E-state index contributed by atoms with van der Waals surface area (Å²) in [6.07, 6.45) is 2.18. The Labute approximate surface area is 128 Å². The molecule has 0 atom stereocenters. The fraction of sp³-hybridized carbons (Fsp3) is 0.429. The Bertz CT molecular complexity index is 586. The van der Waals surface area contributed by atoms with Gasteiger partial charge in [0.2, 0.25) is 5.91 Å². The van der Waals surface area contributed by atoms with E-state index in [1.807, 2.05) is 0 Å². The predicted molar refractivity (Wildman–Crippen MR) is 75.8 cm³/mol.